The van der Waals surface area contributed by atoms with Crippen molar-refractivity contribution in [1.82, 2.24) is 5.43 Å². The Balaban J connectivity index is 1.76. The lowest BCUT2D eigenvalue weighted by Gasteiger charge is -2.27. The minimum Gasteiger partial charge on any atom is -0.457 e. The fourth-order valence-corrected chi connectivity index (χ4v) is 4.25. The number of nitrogens with zero attached hydrogens (tertiary/aromatic N) is 2. The van der Waals surface area contributed by atoms with E-state index in [0.717, 1.165) is 16.1 Å². The molecule has 0 bridgehead atoms. The van der Waals surface area contributed by atoms with Crippen molar-refractivity contribution < 1.29 is 17.9 Å². The maximum atomic E-state index is 12.7. The average Bonchev–Trinajstić information content (AvgIpc) is 2.79. The van der Waals surface area contributed by atoms with Crippen LogP contribution in [0.2, 0.25) is 0 Å². The molecule has 0 aliphatic heterocycles. The van der Waals surface area contributed by atoms with Gasteiger partial charge in [-0.1, -0.05) is 48.5 Å². The number of rotatable bonds is 8. The molecular weight excluding hydrogens is 426 g/mol. The summed E-state index contributed by atoms with van der Waals surface area (Å²) in [6, 6.07) is 24.1. The van der Waals surface area contributed by atoms with Gasteiger partial charge in [0.2, 0.25) is 10.0 Å². The van der Waals surface area contributed by atoms with E-state index in [2.05, 4.69) is 10.5 Å². The van der Waals surface area contributed by atoms with Crippen molar-refractivity contribution in [3.05, 3.63) is 90.5 Å². The molecule has 1 N–H and O–H groups in total. The van der Waals surface area contributed by atoms with Crippen LogP contribution in [0.15, 0.2) is 90.0 Å². The van der Waals surface area contributed by atoms with Gasteiger partial charge in [-0.2, -0.15) is 5.10 Å². The van der Waals surface area contributed by atoms with Gasteiger partial charge >= 0.3 is 0 Å². The largest absolute Gasteiger partial charge is 0.457 e. The maximum absolute atomic E-state index is 12.7. The highest BCUT2D eigenvalue weighted by molar-refractivity contribution is 7.92. The molecule has 32 heavy (non-hydrogen) atoms. The van der Waals surface area contributed by atoms with Gasteiger partial charge in [0.15, 0.2) is 0 Å². The molecule has 1 atom stereocenters. The van der Waals surface area contributed by atoms with Crippen LogP contribution in [0.5, 0.6) is 11.5 Å². The fourth-order valence-electron chi connectivity index (χ4n) is 3.07. The molecule has 0 aliphatic carbocycles. The summed E-state index contributed by atoms with van der Waals surface area (Å²) in [5.41, 5.74) is 4.28. The summed E-state index contributed by atoms with van der Waals surface area (Å²) in [4.78, 5) is 12.7. The second-order valence-electron chi connectivity index (χ2n) is 7.18. The van der Waals surface area contributed by atoms with Crippen LogP contribution in [0, 0.1) is 0 Å². The Morgan fingerprint density at radius 3 is 2.00 bits per heavy atom. The summed E-state index contributed by atoms with van der Waals surface area (Å²) in [7, 11) is -3.74. The van der Waals surface area contributed by atoms with Crippen molar-refractivity contribution in [1.29, 1.82) is 0 Å². The van der Waals surface area contributed by atoms with Gasteiger partial charge < -0.3 is 4.74 Å². The second-order valence-corrected chi connectivity index (χ2v) is 9.04. The van der Waals surface area contributed by atoms with Crippen molar-refractivity contribution >= 4 is 27.3 Å². The number of amides is 1. The minimum atomic E-state index is -3.74. The Morgan fingerprint density at radius 2 is 1.44 bits per heavy atom. The van der Waals surface area contributed by atoms with Crippen LogP contribution >= 0.6 is 0 Å². The predicted octanol–water partition coefficient (Wildman–Crippen LogP) is 4.17. The zero-order valence-corrected chi connectivity index (χ0v) is 18.9. The first-order valence-corrected chi connectivity index (χ1v) is 11.8. The van der Waals surface area contributed by atoms with Gasteiger partial charge in [-0.05, 0) is 55.8 Å². The molecule has 0 unspecified atom stereocenters. The van der Waals surface area contributed by atoms with Crippen molar-refractivity contribution in [2.45, 2.75) is 19.9 Å². The Labute approximate surface area is 188 Å². The quantitative estimate of drug-likeness (QED) is 0.411. The van der Waals surface area contributed by atoms with E-state index < -0.39 is 22.0 Å². The van der Waals surface area contributed by atoms with Gasteiger partial charge in [-0.25, -0.2) is 13.8 Å². The molecule has 8 heteroatoms. The summed E-state index contributed by atoms with van der Waals surface area (Å²) in [6.45, 7) is 3.28. The van der Waals surface area contributed by atoms with Crippen molar-refractivity contribution in [3.8, 4) is 11.5 Å². The minimum absolute atomic E-state index is 0.347. The van der Waals surface area contributed by atoms with Gasteiger partial charge in [0, 0.05) is 0 Å². The number of hydrazone groups is 1. The Morgan fingerprint density at radius 1 is 0.906 bits per heavy atom. The number of anilines is 1. The van der Waals surface area contributed by atoms with E-state index in [1.807, 2.05) is 60.7 Å². The monoisotopic (exact) mass is 451 g/mol. The molecule has 0 spiro atoms. The summed E-state index contributed by atoms with van der Waals surface area (Å²) >= 11 is 0. The van der Waals surface area contributed by atoms with Gasteiger partial charge in [-0.15, -0.1) is 0 Å². The normalized spacial score (nSPS) is 12.7. The van der Waals surface area contributed by atoms with E-state index in [1.54, 1.807) is 31.2 Å². The van der Waals surface area contributed by atoms with Crippen molar-refractivity contribution in [3.63, 3.8) is 0 Å². The zero-order valence-electron chi connectivity index (χ0n) is 18.1. The van der Waals surface area contributed by atoms with Crippen LogP contribution in [0.25, 0.3) is 0 Å². The summed E-state index contributed by atoms with van der Waals surface area (Å²) in [5, 5.41) is 4.11. The van der Waals surface area contributed by atoms with Crippen LogP contribution < -0.4 is 14.5 Å². The summed E-state index contributed by atoms with van der Waals surface area (Å²) in [5.74, 6) is 0.670. The van der Waals surface area contributed by atoms with E-state index in [1.165, 1.54) is 6.92 Å². The van der Waals surface area contributed by atoms with Crippen molar-refractivity contribution in [2.24, 2.45) is 5.10 Å². The standard InChI is InChI=1S/C24H25N3O4S/c1-18(20-10-6-4-7-11-20)25-26-24(28)19(2)27(32(3,29)30)21-14-16-23(17-15-21)31-22-12-8-5-9-13-22/h4-17,19H,1-3H3,(H,26,28)/b25-18-/t19-/m0/s1. The Kier molecular flexibility index (Phi) is 7.27. The van der Waals surface area contributed by atoms with Gasteiger partial charge in [0.1, 0.15) is 17.5 Å². The molecule has 3 aromatic carbocycles. The molecule has 7 nitrogen and oxygen atoms in total. The SMILES string of the molecule is C/C(=N/NC(=O)[C@H](C)N(c1ccc(Oc2ccccc2)cc1)S(C)(=O)=O)c1ccccc1. The predicted molar refractivity (Wildman–Crippen MR) is 127 cm³/mol. The number of ether oxygens (including phenoxy) is 1. The number of carbonyl (C=O) groups excluding carboxylic acids is 1. The van der Waals surface area contributed by atoms with Crippen LogP contribution in [0.1, 0.15) is 19.4 Å². The summed E-state index contributed by atoms with van der Waals surface area (Å²) in [6.07, 6.45) is 1.06. The van der Waals surface area contributed by atoms with E-state index in [9.17, 15) is 13.2 Å². The molecule has 3 aromatic rings. The number of para-hydroxylation sites is 1. The van der Waals surface area contributed by atoms with Crippen LogP contribution in [-0.4, -0.2) is 32.3 Å². The third-order valence-electron chi connectivity index (χ3n) is 4.68. The first-order valence-electron chi connectivity index (χ1n) is 9.97. The number of hydrogen-bond acceptors (Lipinski definition) is 5. The average molecular weight is 452 g/mol. The third kappa shape index (κ3) is 5.95. The molecule has 0 aliphatic rings. The number of nitrogens with one attached hydrogen (secondary N) is 1. The molecule has 0 saturated heterocycles. The molecular formula is C24H25N3O4S. The number of benzene rings is 3. The topological polar surface area (TPSA) is 88.1 Å². The Hall–Kier alpha value is -3.65. The molecule has 166 valence electrons. The molecule has 1 amide bonds. The van der Waals surface area contributed by atoms with Crippen LogP contribution in [0.3, 0.4) is 0 Å². The van der Waals surface area contributed by atoms with E-state index in [4.69, 9.17) is 4.74 Å². The first kappa shape index (κ1) is 23.0. The number of carbonyl (C=O) groups is 1. The van der Waals surface area contributed by atoms with Crippen LogP contribution in [-0.2, 0) is 14.8 Å². The highest BCUT2D eigenvalue weighted by Crippen LogP contribution is 2.26. The second kappa shape index (κ2) is 10.1. The number of sulfonamides is 1. The highest BCUT2D eigenvalue weighted by Gasteiger charge is 2.29. The molecule has 0 aromatic heterocycles. The maximum Gasteiger partial charge on any atom is 0.263 e. The van der Waals surface area contributed by atoms with Gasteiger partial charge in [0.05, 0.1) is 17.7 Å². The smallest absolute Gasteiger partial charge is 0.263 e. The highest BCUT2D eigenvalue weighted by atomic mass is 32.2. The third-order valence-corrected chi connectivity index (χ3v) is 5.93. The molecule has 0 radical (unpaired) electrons. The first-order chi connectivity index (χ1) is 15.3. The molecule has 0 saturated carbocycles. The van der Waals surface area contributed by atoms with Crippen LogP contribution in [0.4, 0.5) is 5.69 Å². The molecule has 3 rings (SSSR count). The van der Waals surface area contributed by atoms with Gasteiger partial charge in [0.25, 0.3) is 5.91 Å². The molecule has 0 heterocycles. The lowest BCUT2D eigenvalue weighted by Crippen LogP contribution is -2.46. The van der Waals surface area contributed by atoms with E-state index in [0.29, 0.717) is 22.9 Å². The Bertz CT molecular complexity index is 1180. The van der Waals surface area contributed by atoms with Gasteiger partial charge in [-0.3, -0.25) is 9.10 Å². The van der Waals surface area contributed by atoms with E-state index >= 15 is 0 Å². The number of hydrogen-bond donors (Lipinski definition) is 1. The zero-order chi connectivity index (χ0) is 23.1. The fraction of sp³-hybridized carbons (Fsp3) is 0.167. The lowest BCUT2D eigenvalue weighted by atomic mass is 10.1. The van der Waals surface area contributed by atoms with Crippen molar-refractivity contribution in [2.75, 3.05) is 10.6 Å². The lowest BCUT2D eigenvalue weighted by molar-refractivity contribution is -0.121. The van der Waals surface area contributed by atoms with E-state index in [-0.39, 0.29) is 0 Å². The molecule has 0 fully saturated rings. The summed E-state index contributed by atoms with van der Waals surface area (Å²) < 4.78 is 31.8.